The van der Waals surface area contributed by atoms with Crippen molar-refractivity contribution in [1.82, 2.24) is 15.0 Å². The van der Waals surface area contributed by atoms with Crippen LogP contribution >= 0.6 is 0 Å². The Morgan fingerprint density at radius 3 is 2.75 bits per heavy atom. The quantitative estimate of drug-likeness (QED) is 0.672. The second-order valence-electron chi connectivity index (χ2n) is 3.87. The first-order valence-corrected chi connectivity index (χ1v) is 5.49. The molecule has 0 aliphatic rings. The molecule has 0 aliphatic carbocycles. The van der Waals surface area contributed by atoms with Gasteiger partial charge in [0.05, 0.1) is 17.6 Å². The van der Waals surface area contributed by atoms with Gasteiger partial charge in [0.25, 0.3) is 0 Å². The molecule has 0 fully saturated rings. The van der Waals surface area contributed by atoms with Gasteiger partial charge in [-0.1, -0.05) is 25.1 Å². The van der Waals surface area contributed by atoms with Crippen molar-refractivity contribution in [1.29, 1.82) is 0 Å². The third kappa shape index (κ3) is 1.41. The summed E-state index contributed by atoms with van der Waals surface area (Å²) in [5.41, 5.74) is 3.30. The fourth-order valence-corrected chi connectivity index (χ4v) is 1.90. The van der Waals surface area contributed by atoms with Crippen LogP contribution in [0.25, 0.3) is 22.3 Å². The number of aromatic amines is 2. The molecule has 0 radical (unpaired) electrons. The lowest BCUT2D eigenvalue weighted by molar-refractivity contribution is 0.990. The number of nitrogens with one attached hydrogen (secondary N) is 2. The maximum Gasteiger partial charge on any atom is 0.106 e. The highest BCUT2D eigenvalue weighted by Crippen LogP contribution is 2.22. The average Bonchev–Trinajstić information content (AvgIpc) is 2.95. The van der Waals surface area contributed by atoms with Gasteiger partial charge in [0, 0.05) is 17.3 Å². The Balaban J connectivity index is 2.11. The SMILES string of the molecule is CCc1ncc(-c2cc3ccccc3[nH]2)[nH]1. The standard InChI is InChI=1S/C13H13N3/c1-2-13-14-8-12(16-13)11-7-9-5-3-4-6-10(9)15-11/h3-8,15H,2H2,1H3,(H,14,16). The summed E-state index contributed by atoms with van der Waals surface area (Å²) in [6.45, 7) is 2.09. The summed E-state index contributed by atoms with van der Waals surface area (Å²) in [5, 5.41) is 1.23. The van der Waals surface area contributed by atoms with Gasteiger partial charge in [0.15, 0.2) is 0 Å². The number of hydrogen-bond donors (Lipinski definition) is 2. The van der Waals surface area contributed by atoms with E-state index in [1.165, 1.54) is 5.39 Å². The number of hydrogen-bond acceptors (Lipinski definition) is 1. The summed E-state index contributed by atoms with van der Waals surface area (Å²) >= 11 is 0. The number of H-pyrrole nitrogens is 2. The zero-order chi connectivity index (χ0) is 11.0. The Morgan fingerprint density at radius 1 is 1.12 bits per heavy atom. The maximum atomic E-state index is 4.31. The van der Waals surface area contributed by atoms with Crippen molar-refractivity contribution < 1.29 is 0 Å². The lowest BCUT2D eigenvalue weighted by atomic mass is 10.2. The van der Waals surface area contributed by atoms with Crippen molar-refractivity contribution in [2.24, 2.45) is 0 Å². The van der Waals surface area contributed by atoms with Crippen LogP contribution in [0.3, 0.4) is 0 Å². The van der Waals surface area contributed by atoms with Gasteiger partial charge < -0.3 is 9.97 Å². The van der Waals surface area contributed by atoms with Crippen LogP contribution in [0.15, 0.2) is 36.5 Å². The molecule has 0 unspecified atom stereocenters. The smallest absolute Gasteiger partial charge is 0.106 e. The number of nitrogens with zero attached hydrogens (tertiary/aromatic N) is 1. The van der Waals surface area contributed by atoms with E-state index >= 15 is 0 Å². The molecule has 0 saturated carbocycles. The lowest BCUT2D eigenvalue weighted by Crippen LogP contribution is -1.82. The molecule has 16 heavy (non-hydrogen) atoms. The fourth-order valence-electron chi connectivity index (χ4n) is 1.90. The van der Waals surface area contributed by atoms with Crippen molar-refractivity contribution in [3.05, 3.63) is 42.4 Å². The van der Waals surface area contributed by atoms with Gasteiger partial charge in [-0.15, -0.1) is 0 Å². The first-order valence-electron chi connectivity index (χ1n) is 5.49. The van der Waals surface area contributed by atoms with Crippen molar-refractivity contribution in [2.75, 3.05) is 0 Å². The second kappa shape index (κ2) is 3.52. The minimum Gasteiger partial charge on any atom is -0.353 e. The maximum absolute atomic E-state index is 4.31. The van der Waals surface area contributed by atoms with Crippen LogP contribution in [-0.2, 0) is 6.42 Å². The molecule has 2 N–H and O–H groups in total. The summed E-state index contributed by atoms with van der Waals surface area (Å²) < 4.78 is 0. The van der Waals surface area contributed by atoms with E-state index in [0.29, 0.717) is 0 Å². The summed E-state index contributed by atoms with van der Waals surface area (Å²) in [7, 11) is 0. The number of para-hydroxylation sites is 1. The van der Waals surface area contributed by atoms with Crippen LogP contribution in [0.2, 0.25) is 0 Å². The Morgan fingerprint density at radius 2 is 2.00 bits per heavy atom. The number of benzene rings is 1. The number of fused-ring (bicyclic) bond motifs is 1. The highest BCUT2D eigenvalue weighted by Gasteiger charge is 2.05. The monoisotopic (exact) mass is 211 g/mol. The van der Waals surface area contributed by atoms with Crippen LogP contribution in [0.4, 0.5) is 0 Å². The summed E-state index contributed by atoms with van der Waals surface area (Å²) in [6.07, 6.45) is 2.81. The summed E-state index contributed by atoms with van der Waals surface area (Å²) in [4.78, 5) is 11.0. The predicted octanol–water partition coefficient (Wildman–Crippen LogP) is 3.12. The van der Waals surface area contributed by atoms with Gasteiger partial charge in [0.1, 0.15) is 5.82 Å². The topological polar surface area (TPSA) is 44.5 Å². The van der Waals surface area contributed by atoms with Crippen molar-refractivity contribution in [3.8, 4) is 11.4 Å². The number of aryl methyl sites for hydroxylation is 1. The van der Waals surface area contributed by atoms with Gasteiger partial charge in [-0.25, -0.2) is 4.98 Å². The first kappa shape index (κ1) is 9.21. The van der Waals surface area contributed by atoms with E-state index < -0.39 is 0 Å². The molecule has 0 aliphatic heterocycles. The van der Waals surface area contributed by atoms with Gasteiger partial charge in [-0.3, -0.25) is 0 Å². The van der Waals surface area contributed by atoms with Gasteiger partial charge in [0.2, 0.25) is 0 Å². The first-order chi connectivity index (χ1) is 7.86. The van der Waals surface area contributed by atoms with Crippen LogP contribution in [0, 0.1) is 0 Å². The molecular formula is C13H13N3. The van der Waals surface area contributed by atoms with E-state index in [2.05, 4.69) is 40.1 Å². The molecule has 2 aromatic heterocycles. The molecule has 3 heteroatoms. The Bertz CT molecular complexity index is 586. The van der Waals surface area contributed by atoms with Crippen molar-refractivity contribution in [3.63, 3.8) is 0 Å². The summed E-state index contributed by atoms with van der Waals surface area (Å²) in [5.74, 6) is 1.02. The van der Waals surface area contributed by atoms with E-state index in [-0.39, 0.29) is 0 Å². The van der Waals surface area contributed by atoms with Crippen LogP contribution in [0.1, 0.15) is 12.7 Å². The molecule has 3 aromatic rings. The third-order valence-corrected chi connectivity index (χ3v) is 2.78. The van der Waals surface area contributed by atoms with Crippen LogP contribution in [0.5, 0.6) is 0 Å². The third-order valence-electron chi connectivity index (χ3n) is 2.78. The molecule has 1 aromatic carbocycles. The molecule has 2 heterocycles. The zero-order valence-electron chi connectivity index (χ0n) is 9.12. The second-order valence-corrected chi connectivity index (χ2v) is 3.87. The molecule has 3 rings (SSSR count). The molecule has 0 amide bonds. The minimum atomic E-state index is 0.931. The fraction of sp³-hybridized carbons (Fsp3) is 0.154. The Kier molecular flexibility index (Phi) is 2.03. The van der Waals surface area contributed by atoms with Crippen LogP contribution < -0.4 is 0 Å². The van der Waals surface area contributed by atoms with E-state index in [0.717, 1.165) is 29.1 Å². The average molecular weight is 211 g/mol. The molecule has 80 valence electrons. The lowest BCUT2D eigenvalue weighted by Gasteiger charge is -1.90. The van der Waals surface area contributed by atoms with E-state index in [4.69, 9.17) is 0 Å². The molecular weight excluding hydrogens is 198 g/mol. The minimum absolute atomic E-state index is 0.931. The zero-order valence-corrected chi connectivity index (χ0v) is 9.12. The van der Waals surface area contributed by atoms with E-state index in [1.807, 2.05) is 18.3 Å². The number of aromatic nitrogens is 3. The van der Waals surface area contributed by atoms with E-state index in [9.17, 15) is 0 Å². The normalized spacial score (nSPS) is 11.1. The highest BCUT2D eigenvalue weighted by atomic mass is 14.9. The van der Waals surface area contributed by atoms with Crippen molar-refractivity contribution in [2.45, 2.75) is 13.3 Å². The molecule has 0 bridgehead atoms. The highest BCUT2D eigenvalue weighted by molar-refractivity contribution is 5.85. The van der Waals surface area contributed by atoms with Crippen LogP contribution in [-0.4, -0.2) is 15.0 Å². The number of imidazole rings is 1. The molecule has 0 spiro atoms. The van der Waals surface area contributed by atoms with Gasteiger partial charge in [-0.05, 0) is 12.1 Å². The molecule has 3 nitrogen and oxygen atoms in total. The van der Waals surface area contributed by atoms with Gasteiger partial charge in [-0.2, -0.15) is 0 Å². The summed E-state index contributed by atoms with van der Waals surface area (Å²) in [6, 6.07) is 10.4. The van der Waals surface area contributed by atoms with E-state index in [1.54, 1.807) is 0 Å². The Labute approximate surface area is 93.5 Å². The van der Waals surface area contributed by atoms with Crippen molar-refractivity contribution >= 4 is 10.9 Å². The predicted molar refractivity (Wildman–Crippen MR) is 65.3 cm³/mol. The molecule has 0 atom stereocenters. The largest absolute Gasteiger partial charge is 0.353 e. The Hall–Kier alpha value is -2.03. The van der Waals surface area contributed by atoms with Gasteiger partial charge >= 0.3 is 0 Å². The molecule has 0 saturated heterocycles. The number of rotatable bonds is 2.